The Hall–Kier alpha value is -2.13. The molecule has 0 spiro atoms. The van der Waals surface area contributed by atoms with Gasteiger partial charge in [0.05, 0.1) is 6.10 Å². The van der Waals surface area contributed by atoms with Crippen molar-refractivity contribution in [3.8, 4) is 11.5 Å². The number of phenols is 1. The largest absolute Gasteiger partial charge is 0.508 e. The third-order valence-electron chi connectivity index (χ3n) is 3.93. The first-order valence-electron chi connectivity index (χ1n) is 8.19. The molecule has 0 saturated heterocycles. The highest BCUT2D eigenvalue weighted by Crippen LogP contribution is 2.17. The number of aliphatic hydroxyl groups excluding tert-OH is 1. The minimum atomic E-state index is -4.50. The molecule has 0 aromatic heterocycles. The van der Waals surface area contributed by atoms with Crippen LogP contribution in [0, 0.1) is 0 Å². The highest BCUT2D eigenvalue weighted by atomic mass is 32.3. The standard InChI is InChI=1S/C18H23NO6S/c1-13(19-12-18(21)15-6-8-16(20)9-7-15)2-3-14-4-10-17(11-5-14)25-26(22,23)24/h4-11,13,18-21H,2-3,12H2,1H3,(H,22,23,24). The topological polar surface area (TPSA) is 116 Å². The number of phenolic OH excluding ortho intramolecular Hbond substituents is 1. The zero-order valence-corrected chi connectivity index (χ0v) is 15.2. The van der Waals surface area contributed by atoms with Crippen LogP contribution in [0.2, 0.25) is 0 Å². The second kappa shape index (κ2) is 9.00. The van der Waals surface area contributed by atoms with Crippen molar-refractivity contribution < 1.29 is 27.4 Å². The van der Waals surface area contributed by atoms with Gasteiger partial charge in [-0.1, -0.05) is 24.3 Å². The molecule has 8 heteroatoms. The number of rotatable bonds is 9. The van der Waals surface area contributed by atoms with Gasteiger partial charge in [-0.05, 0) is 55.2 Å². The smallest absolute Gasteiger partial charge is 0.446 e. The highest BCUT2D eigenvalue weighted by molar-refractivity contribution is 7.81. The Kier molecular flexibility index (Phi) is 6.98. The predicted octanol–water partition coefficient (Wildman–Crippen LogP) is 2.22. The summed E-state index contributed by atoms with van der Waals surface area (Å²) in [5.74, 6) is 0.217. The normalized spacial score (nSPS) is 14.0. The van der Waals surface area contributed by atoms with Crippen molar-refractivity contribution in [3.63, 3.8) is 0 Å². The van der Waals surface area contributed by atoms with Gasteiger partial charge in [-0.25, -0.2) is 0 Å². The van der Waals surface area contributed by atoms with Crippen molar-refractivity contribution in [2.24, 2.45) is 0 Å². The zero-order valence-electron chi connectivity index (χ0n) is 14.4. The molecule has 0 aliphatic rings. The maximum absolute atomic E-state index is 10.6. The number of aromatic hydroxyl groups is 1. The van der Waals surface area contributed by atoms with Gasteiger partial charge in [0.15, 0.2) is 0 Å². The Morgan fingerprint density at radius 2 is 1.69 bits per heavy atom. The van der Waals surface area contributed by atoms with Crippen LogP contribution in [0.5, 0.6) is 11.5 Å². The lowest BCUT2D eigenvalue weighted by molar-refractivity contribution is 0.170. The summed E-state index contributed by atoms with van der Waals surface area (Å²) >= 11 is 0. The Bertz CT molecular complexity index is 789. The second-order valence-electron chi connectivity index (χ2n) is 6.11. The third-order valence-corrected chi connectivity index (χ3v) is 4.33. The number of aryl methyl sites for hydroxylation is 1. The van der Waals surface area contributed by atoms with Gasteiger partial charge >= 0.3 is 10.4 Å². The molecule has 2 atom stereocenters. The van der Waals surface area contributed by atoms with Crippen LogP contribution < -0.4 is 9.50 Å². The van der Waals surface area contributed by atoms with Crippen LogP contribution in [0.4, 0.5) is 0 Å². The third kappa shape index (κ3) is 7.01. The molecule has 0 radical (unpaired) electrons. The van der Waals surface area contributed by atoms with Gasteiger partial charge in [-0.2, -0.15) is 8.42 Å². The van der Waals surface area contributed by atoms with Crippen LogP contribution in [0.15, 0.2) is 48.5 Å². The molecule has 0 amide bonds. The van der Waals surface area contributed by atoms with Gasteiger partial charge in [0.1, 0.15) is 11.5 Å². The first-order valence-corrected chi connectivity index (χ1v) is 9.55. The van der Waals surface area contributed by atoms with Gasteiger partial charge in [-0.3, -0.25) is 4.55 Å². The van der Waals surface area contributed by atoms with Crippen LogP contribution in [0.1, 0.15) is 30.6 Å². The molecular formula is C18H23NO6S. The number of benzene rings is 2. The molecule has 26 heavy (non-hydrogen) atoms. The second-order valence-corrected chi connectivity index (χ2v) is 7.13. The number of hydrogen-bond donors (Lipinski definition) is 4. The van der Waals surface area contributed by atoms with E-state index in [9.17, 15) is 18.6 Å². The predicted molar refractivity (Wildman–Crippen MR) is 97.5 cm³/mol. The van der Waals surface area contributed by atoms with E-state index in [0.717, 1.165) is 24.0 Å². The van der Waals surface area contributed by atoms with Gasteiger partial charge in [0.2, 0.25) is 0 Å². The lowest BCUT2D eigenvalue weighted by Crippen LogP contribution is -2.30. The molecule has 0 aliphatic heterocycles. The molecule has 0 saturated carbocycles. The molecule has 4 N–H and O–H groups in total. The number of hydrogen-bond acceptors (Lipinski definition) is 6. The molecule has 0 heterocycles. The lowest BCUT2D eigenvalue weighted by atomic mass is 10.1. The molecule has 2 aromatic rings. The maximum Gasteiger partial charge on any atom is 0.446 e. The van der Waals surface area contributed by atoms with Crippen molar-refractivity contribution in [1.29, 1.82) is 0 Å². The van der Waals surface area contributed by atoms with E-state index in [1.54, 1.807) is 24.3 Å². The van der Waals surface area contributed by atoms with Crippen molar-refractivity contribution in [2.45, 2.75) is 31.9 Å². The summed E-state index contributed by atoms with van der Waals surface area (Å²) < 4.78 is 34.3. The van der Waals surface area contributed by atoms with E-state index in [0.29, 0.717) is 6.54 Å². The van der Waals surface area contributed by atoms with E-state index < -0.39 is 16.5 Å². The van der Waals surface area contributed by atoms with Gasteiger partial charge in [-0.15, -0.1) is 0 Å². The Balaban J connectivity index is 1.76. The number of nitrogens with one attached hydrogen (secondary N) is 1. The van der Waals surface area contributed by atoms with E-state index in [1.165, 1.54) is 24.3 Å². The molecular weight excluding hydrogens is 358 g/mol. The van der Waals surface area contributed by atoms with Gasteiger partial charge < -0.3 is 19.7 Å². The molecule has 0 fully saturated rings. The molecule has 0 bridgehead atoms. The fraction of sp³-hybridized carbons (Fsp3) is 0.333. The summed E-state index contributed by atoms with van der Waals surface area (Å²) in [6.07, 6.45) is 0.922. The average molecular weight is 381 g/mol. The average Bonchev–Trinajstić information content (AvgIpc) is 2.58. The van der Waals surface area contributed by atoms with Gasteiger partial charge in [0.25, 0.3) is 0 Å². The first-order chi connectivity index (χ1) is 12.2. The van der Waals surface area contributed by atoms with Crippen molar-refractivity contribution in [3.05, 3.63) is 59.7 Å². The Morgan fingerprint density at radius 1 is 1.08 bits per heavy atom. The first kappa shape index (κ1) is 20.2. The monoisotopic (exact) mass is 381 g/mol. The SMILES string of the molecule is CC(CCc1ccc(OS(=O)(=O)O)cc1)NCC(O)c1ccc(O)cc1. The summed E-state index contributed by atoms with van der Waals surface area (Å²) in [5, 5.41) is 22.7. The lowest BCUT2D eigenvalue weighted by Gasteiger charge is -2.17. The summed E-state index contributed by atoms with van der Waals surface area (Å²) in [7, 11) is -4.50. The van der Waals surface area contributed by atoms with E-state index in [-0.39, 0.29) is 17.5 Å². The van der Waals surface area contributed by atoms with Crippen LogP contribution in [0.3, 0.4) is 0 Å². The van der Waals surface area contributed by atoms with Crippen molar-refractivity contribution in [2.75, 3.05) is 6.54 Å². The van der Waals surface area contributed by atoms with Crippen LogP contribution in [0.25, 0.3) is 0 Å². The van der Waals surface area contributed by atoms with Crippen LogP contribution in [-0.4, -0.2) is 35.8 Å². The van der Waals surface area contributed by atoms with E-state index in [4.69, 9.17) is 4.55 Å². The molecule has 142 valence electrons. The molecule has 2 aromatic carbocycles. The molecule has 2 unspecified atom stereocenters. The molecule has 2 rings (SSSR count). The molecule has 0 aliphatic carbocycles. The Labute approximate surface area is 153 Å². The number of aliphatic hydroxyl groups is 1. The van der Waals surface area contributed by atoms with E-state index in [2.05, 4.69) is 9.50 Å². The zero-order chi connectivity index (χ0) is 19.2. The quantitative estimate of drug-likeness (QED) is 0.492. The van der Waals surface area contributed by atoms with E-state index in [1.807, 2.05) is 6.92 Å². The van der Waals surface area contributed by atoms with Crippen molar-refractivity contribution >= 4 is 10.4 Å². The Morgan fingerprint density at radius 3 is 2.27 bits per heavy atom. The van der Waals surface area contributed by atoms with Crippen molar-refractivity contribution in [1.82, 2.24) is 5.32 Å². The minimum absolute atomic E-state index is 0.0550. The van der Waals surface area contributed by atoms with Gasteiger partial charge in [0, 0.05) is 12.6 Å². The fourth-order valence-corrected chi connectivity index (χ4v) is 2.80. The maximum atomic E-state index is 10.6. The summed E-state index contributed by atoms with van der Waals surface area (Å²) in [4.78, 5) is 0. The summed E-state index contributed by atoms with van der Waals surface area (Å²) in [6, 6.07) is 13.0. The van der Waals surface area contributed by atoms with Crippen LogP contribution >= 0.6 is 0 Å². The molecule has 7 nitrogen and oxygen atoms in total. The highest BCUT2D eigenvalue weighted by Gasteiger charge is 2.10. The summed E-state index contributed by atoms with van der Waals surface area (Å²) in [5.41, 5.74) is 1.73. The summed E-state index contributed by atoms with van der Waals surface area (Å²) in [6.45, 7) is 2.41. The van der Waals surface area contributed by atoms with E-state index >= 15 is 0 Å². The van der Waals surface area contributed by atoms with Crippen LogP contribution in [-0.2, 0) is 16.8 Å². The minimum Gasteiger partial charge on any atom is -0.508 e. The fourth-order valence-electron chi connectivity index (χ4n) is 2.45.